The molecule has 110 valence electrons. The molecule has 2 fully saturated rings. The Morgan fingerprint density at radius 2 is 1.84 bits per heavy atom. The molecule has 0 radical (unpaired) electrons. The summed E-state index contributed by atoms with van der Waals surface area (Å²) in [6.45, 7) is 6.45. The van der Waals surface area contributed by atoms with E-state index in [-0.39, 0.29) is 6.54 Å². The largest absolute Gasteiger partial charge is 0.480 e. The number of rotatable bonds is 4. The molecule has 0 amide bonds. The predicted molar refractivity (Wildman–Crippen MR) is 76.3 cm³/mol. The van der Waals surface area contributed by atoms with Crippen molar-refractivity contribution in [3.8, 4) is 0 Å². The van der Waals surface area contributed by atoms with Crippen molar-refractivity contribution in [1.29, 1.82) is 0 Å². The van der Waals surface area contributed by atoms with Gasteiger partial charge in [0, 0.05) is 32.2 Å². The van der Waals surface area contributed by atoms with E-state index in [0.717, 1.165) is 38.1 Å². The second-order valence-electron chi connectivity index (χ2n) is 6.14. The van der Waals surface area contributed by atoms with Gasteiger partial charge in [0.05, 0.1) is 6.54 Å². The highest BCUT2D eigenvalue weighted by Gasteiger charge is 2.26. The van der Waals surface area contributed by atoms with Gasteiger partial charge in [-0.15, -0.1) is 0 Å². The topological polar surface area (TPSA) is 43.8 Å². The number of carboxylic acid groups (broad SMARTS) is 1. The lowest BCUT2D eigenvalue weighted by Gasteiger charge is -2.38. The van der Waals surface area contributed by atoms with Crippen LogP contribution in [0.4, 0.5) is 0 Å². The summed E-state index contributed by atoms with van der Waals surface area (Å²) in [6, 6.07) is 0.753. The summed E-state index contributed by atoms with van der Waals surface area (Å²) in [7, 11) is 0. The zero-order chi connectivity index (χ0) is 13.7. The van der Waals surface area contributed by atoms with Crippen molar-refractivity contribution < 1.29 is 9.90 Å². The van der Waals surface area contributed by atoms with Gasteiger partial charge in [0.25, 0.3) is 0 Å². The second kappa shape index (κ2) is 7.25. The Hall–Kier alpha value is -0.610. The van der Waals surface area contributed by atoms with Gasteiger partial charge in [-0.3, -0.25) is 14.6 Å². The van der Waals surface area contributed by atoms with Crippen molar-refractivity contribution in [3.63, 3.8) is 0 Å². The van der Waals surface area contributed by atoms with Gasteiger partial charge in [0.15, 0.2) is 0 Å². The van der Waals surface area contributed by atoms with Crippen molar-refractivity contribution >= 4 is 5.97 Å². The molecule has 1 heterocycles. The van der Waals surface area contributed by atoms with E-state index in [4.69, 9.17) is 5.11 Å². The SMILES string of the molecule is CCC1CCCC(N2CCN(CC(=O)O)CC2)CC1. The standard InChI is InChI=1S/C15H28N2O2/c1-2-13-4-3-5-14(7-6-13)17-10-8-16(9-11-17)12-15(18)19/h13-14H,2-12H2,1H3,(H,18,19). The minimum atomic E-state index is -0.700. The molecule has 4 nitrogen and oxygen atoms in total. The van der Waals surface area contributed by atoms with Gasteiger partial charge in [-0.1, -0.05) is 26.2 Å². The van der Waals surface area contributed by atoms with E-state index in [9.17, 15) is 4.79 Å². The smallest absolute Gasteiger partial charge is 0.317 e. The zero-order valence-electron chi connectivity index (χ0n) is 12.2. The third kappa shape index (κ3) is 4.46. The Morgan fingerprint density at radius 3 is 2.47 bits per heavy atom. The van der Waals surface area contributed by atoms with Crippen molar-refractivity contribution in [2.24, 2.45) is 5.92 Å². The Morgan fingerprint density at radius 1 is 1.11 bits per heavy atom. The minimum absolute atomic E-state index is 0.205. The normalized spacial score (nSPS) is 31.0. The fourth-order valence-corrected chi connectivity index (χ4v) is 3.61. The average Bonchev–Trinajstić information content (AvgIpc) is 2.64. The van der Waals surface area contributed by atoms with Crippen LogP contribution < -0.4 is 0 Å². The first-order valence-electron chi connectivity index (χ1n) is 7.87. The van der Waals surface area contributed by atoms with Gasteiger partial charge >= 0.3 is 5.97 Å². The molecule has 1 aliphatic heterocycles. The number of carboxylic acids is 1. The van der Waals surface area contributed by atoms with Crippen molar-refractivity contribution in [2.45, 2.75) is 51.5 Å². The quantitative estimate of drug-likeness (QED) is 0.793. The van der Waals surface area contributed by atoms with E-state index in [0.29, 0.717) is 0 Å². The van der Waals surface area contributed by atoms with Crippen LogP contribution in [0.2, 0.25) is 0 Å². The fraction of sp³-hybridized carbons (Fsp3) is 0.933. The first-order chi connectivity index (χ1) is 9.19. The third-order valence-electron chi connectivity index (χ3n) is 4.92. The monoisotopic (exact) mass is 268 g/mol. The Kier molecular flexibility index (Phi) is 5.64. The average molecular weight is 268 g/mol. The molecule has 2 unspecified atom stereocenters. The molecule has 1 saturated carbocycles. The van der Waals surface area contributed by atoms with Gasteiger partial charge in [-0.25, -0.2) is 0 Å². The molecule has 0 aromatic carbocycles. The highest BCUT2D eigenvalue weighted by Crippen LogP contribution is 2.28. The maximum atomic E-state index is 10.7. The number of carbonyl (C=O) groups is 1. The van der Waals surface area contributed by atoms with Crippen LogP contribution >= 0.6 is 0 Å². The first-order valence-corrected chi connectivity index (χ1v) is 7.87. The number of hydrogen-bond donors (Lipinski definition) is 1. The summed E-state index contributed by atoms with van der Waals surface area (Å²) in [5.41, 5.74) is 0. The molecule has 0 spiro atoms. The van der Waals surface area contributed by atoms with Gasteiger partial charge in [-0.2, -0.15) is 0 Å². The molecule has 19 heavy (non-hydrogen) atoms. The molecule has 0 bridgehead atoms. The van der Waals surface area contributed by atoms with Crippen LogP contribution in [0.25, 0.3) is 0 Å². The summed E-state index contributed by atoms with van der Waals surface area (Å²) in [6.07, 6.45) is 8.19. The lowest BCUT2D eigenvalue weighted by atomic mass is 9.97. The van der Waals surface area contributed by atoms with Crippen molar-refractivity contribution in [1.82, 2.24) is 9.80 Å². The highest BCUT2D eigenvalue weighted by molar-refractivity contribution is 5.69. The van der Waals surface area contributed by atoms with Gasteiger partial charge in [0.1, 0.15) is 0 Å². The lowest BCUT2D eigenvalue weighted by molar-refractivity contribution is -0.138. The third-order valence-corrected chi connectivity index (χ3v) is 4.92. The van der Waals surface area contributed by atoms with E-state index in [2.05, 4.69) is 16.7 Å². The van der Waals surface area contributed by atoms with Crippen LogP contribution in [0.15, 0.2) is 0 Å². The summed E-state index contributed by atoms with van der Waals surface area (Å²) in [5, 5.41) is 8.82. The Labute approximate surface area is 116 Å². The Balaban J connectivity index is 1.76. The Bertz CT molecular complexity index is 288. The molecule has 2 atom stereocenters. The number of aliphatic carboxylic acids is 1. The van der Waals surface area contributed by atoms with Crippen LogP contribution in [0.3, 0.4) is 0 Å². The number of hydrogen-bond acceptors (Lipinski definition) is 3. The fourth-order valence-electron chi connectivity index (χ4n) is 3.61. The highest BCUT2D eigenvalue weighted by atomic mass is 16.4. The van der Waals surface area contributed by atoms with Crippen LogP contribution in [0.5, 0.6) is 0 Å². The molecule has 1 saturated heterocycles. The number of nitrogens with zero attached hydrogens (tertiary/aromatic N) is 2. The molecule has 4 heteroatoms. The van der Waals surface area contributed by atoms with Crippen LogP contribution in [-0.4, -0.2) is 59.6 Å². The summed E-state index contributed by atoms with van der Waals surface area (Å²) in [4.78, 5) is 15.4. The molecule has 2 rings (SSSR count). The number of piperazine rings is 1. The maximum Gasteiger partial charge on any atom is 0.317 e. The molecule has 1 N–H and O–H groups in total. The summed E-state index contributed by atoms with van der Waals surface area (Å²) < 4.78 is 0. The minimum Gasteiger partial charge on any atom is -0.480 e. The maximum absolute atomic E-state index is 10.7. The van der Waals surface area contributed by atoms with E-state index in [1.54, 1.807) is 0 Å². The molecular formula is C15H28N2O2. The van der Waals surface area contributed by atoms with Gasteiger partial charge in [-0.05, 0) is 25.2 Å². The van der Waals surface area contributed by atoms with Crippen LogP contribution in [-0.2, 0) is 4.79 Å². The van der Waals surface area contributed by atoms with Crippen molar-refractivity contribution in [3.05, 3.63) is 0 Å². The molecule has 0 aromatic rings. The lowest BCUT2D eigenvalue weighted by Crippen LogP contribution is -2.51. The van der Waals surface area contributed by atoms with Crippen molar-refractivity contribution in [2.75, 3.05) is 32.7 Å². The zero-order valence-corrected chi connectivity index (χ0v) is 12.2. The van der Waals surface area contributed by atoms with Crippen LogP contribution in [0.1, 0.15) is 45.4 Å². The summed E-state index contributed by atoms with van der Waals surface area (Å²) >= 11 is 0. The van der Waals surface area contributed by atoms with Gasteiger partial charge in [0.2, 0.25) is 0 Å². The van der Waals surface area contributed by atoms with Crippen LogP contribution in [0, 0.1) is 5.92 Å². The molecule has 2 aliphatic rings. The first kappa shape index (κ1) is 14.8. The molecule has 1 aliphatic carbocycles. The predicted octanol–water partition coefficient (Wildman–Crippen LogP) is 2.05. The van der Waals surface area contributed by atoms with Gasteiger partial charge < -0.3 is 5.11 Å². The van der Waals surface area contributed by atoms with E-state index < -0.39 is 5.97 Å². The van der Waals surface area contributed by atoms with E-state index >= 15 is 0 Å². The molecular weight excluding hydrogens is 240 g/mol. The summed E-state index contributed by atoms with van der Waals surface area (Å²) in [5.74, 6) is 0.243. The van der Waals surface area contributed by atoms with E-state index in [1.807, 2.05) is 0 Å². The molecule has 0 aromatic heterocycles. The second-order valence-corrected chi connectivity index (χ2v) is 6.14. The van der Waals surface area contributed by atoms with E-state index in [1.165, 1.54) is 38.5 Å².